The van der Waals surface area contributed by atoms with Crippen molar-refractivity contribution in [3.63, 3.8) is 0 Å². The van der Waals surface area contributed by atoms with E-state index in [1.807, 2.05) is 6.92 Å². The molecular weight excluding hydrogens is 114 g/mol. The van der Waals surface area contributed by atoms with Crippen LogP contribution < -0.4 is 5.32 Å². The lowest BCUT2D eigenvalue weighted by Gasteiger charge is -2.01. The lowest BCUT2D eigenvalue weighted by molar-refractivity contribution is 0.149. The van der Waals surface area contributed by atoms with Crippen LogP contribution in [0.5, 0.6) is 0 Å². The molecule has 55 valence electrons. The van der Waals surface area contributed by atoms with E-state index in [0.29, 0.717) is 0 Å². The Bertz CT molecular complexity index is 42.2. The summed E-state index contributed by atoms with van der Waals surface area (Å²) in [6.07, 6.45) is 0.951. The molecule has 0 aromatic carbocycles. The van der Waals surface area contributed by atoms with Crippen LogP contribution in [0.15, 0.2) is 0 Å². The predicted octanol–water partition coefficient (Wildman–Crippen LogP) is 0.837. The van der Waals surface area contributed by atoms with Gasteiger partial charge in [0.05, 0.1) is 6.61 Å². The van der Waals surface area contributed by atoms with Crippen LogP contribution in [-0.2, 0) is 4.74 Å². The summed E-state index contributed by atoms with van der Waals surface area (Å²) in [4.78, 5) is 0. The van der Waals surface area contributed by atoms with Crippen molar-refractivity contribution in [2.75, 3.05) is 26.3 Å². The van der Waals surface area contributed by atoms with Gasteiger partial charge in [-0.15, -0.1) is 0 Å². The summed E-state index contributed by atoms with van der Waals surface area (Å²) in [5, 5.41) is 3.18. The average Bonchev–Trinajstić information content (AvgIpc) is 1.89. The Kier molecular flexibility index (Phi) is 7.85. The molecule has 9 heavy (non-hydrogen) atoms. The van der Waals surface area contributed by atoms with Gasteiger partial charge in [-0.05, 0) is 19.9 Å². The van der Waals surface area contributed by atoms with Crippen LogP contribution in [0.3, 0.4) is 0 Å². The zero-order chi connectivity index (χ0) is 6.95. The van der Waals surface area contributed by atoms with Crippen molar-refractivity contribution in [2.24, 2.45) is 0 Å². The second-order valence-corrected chi connectivity index (χ2v) is 1.80. The lowest BCUT2D eigenvalue weighted by Crippen LogP contribution is -2.20. The van der Waals surface area contributed by atoms with Crippen molar-refractivity contribution in [3.05, 3.63) is 6.92 Å². The molecule has 0 aliphatic heterocycles. The third-order valence-electron chi connectivity index (χ3n) is 0.981. The van der Waals surface area contributed by atoms with E-state index in [4.69, 9.17) is 4.74 Å². The first-order valence-corrected chi connectivity index (χ1v) is 3.49. The summed E-state index contributed by atoms with van der Waals surface area (Å²) in [6, 6.07) is 0. The summed E-state index contributed by atoms with van der Waals surface area (Å²) >= 11 is 0. The molecule has 0 rings (SSSR count). The molecule has 2 heteroatoms. The molecule has 0 aliphatic rings. The highest BCUT2D eigenvalue weighted by Gasteiger charge is 1.82. The Morgan fingerprint density at radius 1 is 1.44 bits per heavy atom. The van der Waals surface area contributed by atoms with Crippen molar-refractivity contribution < 1.29 is 4.74 Å². The summed E-state index contributed by atoms with van der Waals surface area (Å²) < 4.78 is 5.10. The molecule has 0 aliphatic carbocycles. The number of hydrogen-bond acceptors (Lipinski definition) is 2. The topological polar surface area (TPSA) is 21.3 Å². The molecule has 0 heterocycles. The minimum absolute atomic E-state index is 0.812. The van der Waals surface area contributed by atoms with E-state index >= 15 is 0 Å². The van der Waals surface area contributed by atoms with E-state index in [2.05, 4.69) is 12.2 Å². The van der Waals surface area contributed by atoms with Crippen LogP contribution >= 0.6 is 0 Å². The van der Waals surface area contributed by atoms with E-state index in [1.165, 1.54) is 0 Å². The summed E-state index contributed by atoms with van der Waals surface area (Å²) in [7, 11) is 0. The Balaban J connectivity index is 2.60. The maximum absolute atomic E-state index is 5.10. The van der Waals surface area contributed by atoms with Crippen molar-refractivity contribution in [3.8, 4) is 0 Å². The molecule has 0 fully saturated rings. The predicted molar refractivity (Wildman–Crippen MR) is 39.3 cm³/mol. The summed E-state index contributed by atoms with van der Waals surface area (Å²) in [5.41, 5.74) is 0. The van der Waals surface area contributed by atoms with Crippen molar-refractivity contribution in [1.29, 1.82) is 0 Å². The largest absolute Gasteiger partial charge is 0.380 e. The molecule has 0 spiro atoms. The van der Waals surface area contributed by atoms with Crippen LogP contribution in [0.1, 0.15) is 13.3 Å². The van der Waals surface area contributed by atoms with E-state index < -0.39 is 0 Å². The molecule has 1 radical (unpaired) electrons. The van der Waals surface area contributed by atoms with E-state index in [9.17, 15) is 0 Å². The quantitative estimate of drug-likeness (QED) is 0.538. The van der Waals surface area contributed by atoms with Gasteiger partial charge in [-0.1, -0.05) is 6.92 Å². The Morgan fingerprint density at radius 2 is 2.22 bits per heavy atom. The summed E-state index contributed by atoms with van der Waals surface area (Å²) in [5.74, 6) is 0. The van der Waals surface area contributed by atoms with E-state index in [-0.39, 0.29) is 0 Å². The normalized spacial score (nSPS) is 10.0. The average molecular weight is 130 g/mol. The molecule has 0 saturated carbocycles. The van der Waals surface area contributed by atoms with Crippen molar-refractivity contribution in [2.45, 2.75) is 13.3 Å². The first kappa shape index (κ1) is 8.92. The van der Waals surface area contributed by atoms with Gasteiger partial charge in [-0.25, -0.2) is 0 Å². The molecule has 0 unspecified atom stereocenters. The second-order valence-electron chi connectivity index (χ2n) is 1.80. The minimum atomic E-state index is 0.812. The fourth-order valence-electron chi connectivity index (χ4n) is 0.539. The first-order valence-electron chi connectivity index (χ1n) is 3.49. The molecule has 0 saturated heterocycles. The number of rotatable bonds is 6. The van der Waals surface area contributed by atoms with Crippen molar-refractivity contribution in [1.82, 2.24) is 5.32 Å². The second kappa shape index (κ2) is 7.92. The Morgan fingerprint density at radius 3 is 2.78 bits per heavy atom. The molecule has 0 bridgehead atoms. The molecule has 0 aromatic heterocycles. The van der Waals surface area contributed by atoms with Gasteiger partial charge in [0, 0.05) is 13.2 Å². The zero-order valence-corrected chi connectivity index (χ0v) is 6.15. The Labute approximate surface area is 57.6 Å². The first-order chi connectivity index (χ1) is 4.41. The highest BCUT2D eigenvalue weighted by molar-refractivity contribution is 4.46. The van der Waals surface area contributed by atoms with Gasteiger partial charge in [0.25, 0.3) is 0 Å². The van der Waals surface area contributed by atoms with Crippen LogP contribution in [0, 0.1) is 6.92 Å². The number of ether oxygens (including phenoxy) is 1. The SMILES string of the molecule is [CH2]CCNCCOCC. The van der Waals surface area contributed by atoms with Crippen molar-refractivity contribution >= 4 is 0 Å². The van der Waals surface area contributed by atoms with Gasteiger partial charge in [-0.2, -0.15) is 0 Å². The van der Waals surface area contributed by atoms with Crippen LogP contribution in [0.2, 0.25) is 0 Å². The zero-order valence-electron chi connectivity index (χ0n) is 6.15. The van der Waals surface area contributed by atoms with E-state index in [1.54, 1.807) is 0 Å². The number of nitrogens with one attached hydrogen (secondary N) is 1. The van der Waals surface area contributed by atoms with Crippen LogP contribution in [0.25, 0.3) is 0 Å². The fraction of sp³-hybridized carbons (Fsp3) is 0.857. The summed E-state index contributed by atoms with van der Waals surface area (Å²) in [6.45, 7) is 9.27. The van der Waals surface area contributed by atoms with Gasteiger partial charge in [-0.3, -0.25) is 0 Å². The van der Waals surface area contributed by atoms with Gasteiger partial charge in [0.2, 0.25) is 0 Å². The molecular formula is C7H16NO. The smallest absolute Gasteiger partial charge is 0.0590 e. The molecule has 0 aromatic rings. The van der Waals surface area contributed by atoms with Crippen LogP contribution in [-0.4, -0.2) is 26.3 Å². The Hall–Kier alpha value is -0.0800. The maximum atomic E-state index is 5.10. The molecule has 2 nitrogen and oxygen atoms in total. The van der Waals surface area contributed by atoms with Gasteiger partial charge < -0.3 is 10.1 Å². The number of hydrogen-bond donors (Lipinski definition) is 1. The third kappa shape index (κ3) is 7.92. The van der Waals surface area contributed by atoms with Gasteiger partial charge in [0.15, 0.2) is 0 Å². The minimum Gasteiger partial charge on any atom is -0.380 e. The highest BCUT2D eigenvalue weighted by atomic mass is 16.5. The van der Waals surface area contributed by atoms with E-state index in [0.717, 1.165) is 32.7 Å². The molecule has 1 N–H and O–H groups in total. The standard InChI is InChI=1S/C7H16NO/c1-3-5-8-6-7-9-4-2/h8H,1,3-7H2,2H3. The highest BCUT2D eigenvalue weighted by Crippen LogP contribution is 1.71. The molecule has 0 amide bonds. The lowest BCUT2D eigenvalue weighted by atomic mass is 10.5. The van der Waals surface area contributed by atoms with Crippen LogP contribution in [0.4, 0.5) is 0 Å². The molecule has 0 atom stereocenters. The monoisotopic (exact) mass is 130 g/mol. The fourth-order valence-corrected chi connectivity index (χ4v) is 0.539. The third-order valence-corrected chi connectivity index (χ3v) is 0.981. The van der Waals surface area contributed by atoms with Gasteiger partial charge >= 0.3 is 0 Å². The maximum Gasteiger partial charge on any atom is 0.0590 e. The van der Waals surface area contributed by atoms with Gasteiger partial charge in [0.1, 0.15) is 0 Å².